The molecule has 0 spiro atoms. The number of H-pyrrole nitrogens is 1. The summed E-state index contributed by atoms with van der Waals surface area (Å²) in [6, 6.07) is 1.07. The summed E-state index contributed by atoms with van der Waals surface area (Å²) < 4.78 is 24.6. The molecule has 13 heavy (non-hydrogen) atoms. The molecule has 0 fully saturated rings. The first-order valence-electron chi connectivity index (χ1n) is 3.32. The zero-order valence-electron chi connectivity index (χ0n) is 6.28. The molecule has 0 aliphatic carbocycles. The van der Waals surface area contributed by atoms with Gasteiger partial charge in [0.05, 0.1) is 10.7 Å². The fraction of sp³-hybridized carbons (Fsp3) is 0.286. The number of rotatable bonds is 2. The number of alkyl halides is 3. The van der Waals surface area contributed by atoms with Gasteiger partial charge in [-0.15, -0.1) is 0 Å². The molecule has 0 saturated carbocycles. The first kappa shape index (κ1) is 10.7. The predicted molar refractivity (Wildman–Crippen MR) is 49.7 cm³/mol. The van der Waals surface area contributed by atoms with Crippen LogP contribution in [0.2, 0.25) is 5.02 Å². The molecule has 0 aliphatic heterocycles. The second kappa shape index (κ2) is 4.19. The van der Waals surface area contributed by atoms with E-state index in [4.69, 9.17) is 11.6 Å². The van der Waals surface area contributed by atoms with E-state index in [0.717, 1.165) is 6.07 Å². The van der Waals surface area contributed by atoms with Crippen LogP contribution in [0.3, 0.4) is 0 Å². The van der Waals surface area contributed by atoms with E-state index in [1.54, 1.807) is 0 Å². The maximum absolute atomic E-state index is 12.3. The highest BCUT2D eigenvalue weighted by Crippen LogP contribution is 2.26. The average Bonchev–Trinajstić information content (AvgIpc) is 2.02. The van der Waals surface area contributed by atoms with Crippen LogP contribution >= 0.6 is 27.5 Å². The number of hydrogen-bond acceptors (Lipinski definition) is 1. The fourth-order valence-electron chi connectivity index (χ4n) is 0.897. The van der Waals surface area contributed by atoms with Crippen molar-refractivity contribution in [3.8, 4) is 0 Å². The van der Waals surface area contributed by atoms with Crippen molar-refractivity contribution in [3.63, 3.8) is 0 Å². The lowest BCUT2D eigenvalue weighted by Crippen LogP contribution is -2.11. The normalized spacial score (nSPS) is 10.8. The summed E-state index contributed by atoms with van der Waals surface area (Å²) in [5.74, 6) is 0. The average molecular weight is 272 g/mol. The van der Waals surface area contributed by atoms with Crippen LogP contribution in [-0.2, 0) is 5.33 Å². The Labute approximate surface area is 86.0 Å². The van der Waals surface area contributed by atoms with Crippen LogP contribution < -0.4 is 5.56 Å². The van der Waals surface area contributed by atoms with Gasteiger partial charge in [-0.1, -0.05) is 27.5 Å². The van der Waals surface area contributed by atoms with Gasteiger partial charge in [0.15, 0.2) is 0 Å². The molecule has 72 valence electrons. The fourth-order valence-corrected chi connectivity index (χ4v) is 1.93. The molecular formula is C7H5BrClF2NO. The third kappa shape index (κ3) is 2.28. The molecule has 0 saturated heterocycles. The molecule has 0 radical (unpaired) electrons. The van der Waals surface area contributed by atoms with Gasteiger partial charge >= 0.3 is 0 Å². The molecule has 1 aromatic heterocycles. The Bertz CT molecular complexity index is 366. The molecule has 0 aromatic carbocycles. The Balaban J connectivity index is 3.38. The molecule has 0 amide bonds. The number of halogens is 4. The Kier molecular flexibility index (Phi) is 3.44. The Morgan fingerprint density at radius 3 is 2.69 bits per heavy atom. The maximum Gasteiger partial charge on any atom is 0.278 e. The minimum Gasteiger partial charge on any atom is -0.321 e. The van der Waals surface area contributed by atoms with Gasteiger partial charge in [0.25, 0.3) is 6.43 Å². The van der Waals surface area contributed by atoms with E-state index >= 15 is 0 Å². The van der Waals surface area contributed by atoms with Gasteiger partial charge in [-0.05, 0) is 0 Å². The summed E-state index contributed by atoms with van der Waals surface area (Å²) in [5, 5.41) is 0.235. The standard InChI is InChI=1S/C7H5BrClF2NO/c8-2-3-4(9)1-5(13)12-6(3)7(10)11/h1,7H,2H2,(H,12,13). The zero-order valence-corrected chi connectivity index (χ0v) is 8.62. The molecule has 1 N–H and O–H groups in total. The highest BCUT2D eigenvalue weighted by Gasteiger charge is 2.16. The van der Waals surface area contributed by atoms with Gasteiger partial charge in [0, 0.05) is 17.0 Å². The Morgan fingerprint density at radius 1 is 1.62 bits per heavy atom. The second-order valence-corrected chi connectivity index (χ2v) is 3.28. The van der Waals surface area contributed by atoms with Crippen molar-refractivity contribution in [1.29, 1.82) is 0 Å². The highest BCUT2D eigenvalue weighted by atomic mass is 79.9. The molecule has 2 nitrogen and oxygen atoms in total. The third-order valence-corrected chi connectivity index (χ3v) is 2.38. The SMILES string of the molecule is O=c1cc(Cl)c(CBr)c(C(F)F)[nH]1. The van der Waals surface area contributed by atoms with Gasteiger partial charge in [-0.25, -0.2) is 8.78 Å². The monoisotopic (exact) mass is 271 g/mol. The number of hydrogen-bond donors (Lipinski definition) is 1. The first-order chi connectivity index (χ1) is 6.06. The number of aromatic nitrogens is 1. The van der Waals surface area contributed by atoms with Crippen LogP contribution in [0.5, 0.6) is 0 Å². The van der Waals surface area contributed by atoms with Crippen molar-refractivity contribution in [1.82, 2.24) is 4.98 Å². The third-order valence-electron chi connectivity index (χ3n) is 1.48. The molecule has 0 unspecified atom stereocenters. The van der Waals surface area contributed by atoms with Crippen molar-refractivity contribution in [2.24, 2.45) is 0 Å². The Hall–Kier alpha value is -0.420. The molecule has 1 aromatic rings. The molecule has 0 atom stereocenters. The minimum absolute atomic E-state index is 0.0518. The van der Waals surface area contributed by atoms with Crippen molar-refractivity contribution < 1.29 is 8.78 Å². The van der Waals surface area contributed by atoms with Crippen LogP contribution in [0.25, 0.3) is 0 Å². The topological polar surface area (TPSA) is 32.9 Å². The lowest BCUT2D eigenvalue weighted by Gasteiger charge is -2.06. The molecule has 0 aliphatic rings. The molecule has 1 heterocycles. The van der Waals surface area contributed by atoms with Gasteiger partial charge in [-0.3, -0.25) is 4.79 Å². The van der Waals surface area contributed by atoms with E-state index in [9.17, 15) is 13.6 Å². The van der Waals surface area contributed by atoms with Crippen LogP contribution in [-0.4, -0.2) is 4.98 Å². The summed E-state index contributed by atoms with van der Waals surface area (Å²) in [4.78, 5) is 12.8. The van der Waals surface area contributed by atoms with Gasteiger partial charge in [-0.2, -0.15) is 0 Å². The number of aromatic amines is 1. The largest absolute Gasteiger partial charge is 0.321 e. The Morgan fingerprint density at radius 2 is 2.23 bits per heavy atom. The van der Waals surface area contributed by atoms with Crippen LogP contribution in [0.15, 0.2) is 10.9 Å². The molecule has 0 bridgehead atoms. The smallest absolute Gasteiger partial charge is 0.278 e. The van der Waals surface area contributed by atoms with Crippen LogP contribution in [0.4, 0.5) is 8.78 Å². The summed E-state index contributed by atoms with van der Waals surface area (Å²) in [5.41, 5.74) is -0.823. The number of pyridine rings is 1. The van der Waals surface area contributed by atoms with Crippen LogP contribution in [0.1, 0.15) is 17.7 Å². The van der Waals surface area contributed by atoms with E-state index in [0.29, 0.717) is 0 Å². The van der Waals surface area contributed by atoms with Crippen molar-refractivity contribution in [3.05, 3.63) is 32.7 Å². The summed E-state index contributed by atoms with van der Waals surface area (Å²) in [7, 11) is 0. The maximum atomic E-state index is 12.3. The minimum atomic E-state index is -2.72. The van der Waals surface area contributed by atoms with E-state index in [-0.39, 0.29) is 15.9 Å². The quantitative estimate of drug-likeness (QED) is 0.825. The van der Waals surface area contributed by atoms with Gasteiger partial charge in [0.2, 0.25) is 5.56 Å². The summed E-state index contributed by atoms with van der Waals surface area (Å²) in [6.07, 6.45) is -2.72. The van der Waals surface area contributed by atoms with E-state index in [1.807, 2.05) is 4.98 Å². The van der Waals surface area contributed by atoms with E-state index < -0.39 is 17.7 Å². The van der Waals surface area contributed by atoms with E-state index in [2.05, 4.69) is 15.9 Å². The predicted octanol–water partition coefficient (Wildman–Crippen LogP) is 2.86. The van der Waals surface area contributed by atoms with Crippen LogP contribution in [0, 0.1) is 0 Å². The van der Waals surface area contributed by atoms with Gasteiger partial charge in [0.1, 0.15) is 0 Å². The van der Waals surface area contributed by atoms with Crippen molar-refractivity contribution in [2.45, 2.75) is 11.8 Å². The lowest BCUT2D eigenvalue weighted by molar-refractivity contribution is 0.145. The zero-order chi connectivity index (χ0) is 10.0. The molecule has 6 heteroatoms. The molecular weight excluding hydrogens is 267 g/mol. The number of nitrogens with one attached hydrogen (secondary N) is 1. The summed E-state index contributed by atoms with van der Waals surface area (Å²) >= 11 is 8.61. The van der Waals surface area contributed by atoms with Gasteiger partial charge < -0.3 is 4.98 Å². The second-order valence-electron chi connectivity index (χ2n) is 2.31. The molecule has 1 rings (SSSR count). The van der Waals surface area contributed by atoms with Crippen molar-refractivity contribution in [2.75, 3.05) is 0 Å². The van der Waals surface area contributed by atoms with Crippen molar-refractivity contribution >= 4 is 27.5 Å². The first-order valence-corrected chi connectivity index (χ1v) is 4.82. The lowest BCUT2D eigenvalue weighted by atomic mass is 10.2. The highest BCUT2D eigenvalue weighted by molar-refractivity contribution is 9.08. The van der Waals surface area contributed by atoms with E-state index in [1.165, 1.54) is 0 Å². The summed E-state index contributed by atoms with van der Waals surface area (Å²) in [6.45, 7) is 0.